The second kappa shape index (κ2) is 6.61. The molecule has 0 saturated carbocycles. The van der Waals surface area contributed by atoms with Gasteiger partial charge in [-0.05, 0) is 24.6 Å². The van der Waals surface area contributed by atoms with E-state index in [0.717, 1.165) is 18.7 Å². The van der Waals surface area contributed by atoms with E-state index in [9.17, 15) is 8.78 Å². The van der Waals surface area contributed by atoms with Crippen molar-refractivity contribution in [3.05, 3.63) is 41.6 Å². The van der Waals surface area contributed by atoms with Crippen LogP contribution in [0.25, 0.3) is 0 Å². The molecule has 21 heavy (non-hydrogen) atoms. The Bertz CT molecular complexity index is 682. The summed E-state index contributed by atoms with van der Waals surface area (Å²) in [6.07, 6.45) is 1.91. The lowest BCUT2D eigenvalue weighted by Crippen LogP contribution is -2.07. The van der Waals surface area contributed by atoms with E-state index in [1.807, 2.05) is 13.0 Å². The summed E-state index contributed by atoms with van der Waals surface area (Å²) < 4.78 is 26.8. The van der Waals surface area contributed by atoms with Crippen molar-refractivity contribution in [3.8, 4) is 6.07 Å². The summed E-state index contributed by atoms with van der Waals surface area (Å²) in [5, 5.41) is 14.6. The van der Waals surface area contributed by atoms with Gasteiger partial charge >= 0.3 is 0 Å². The number of nitrogens with one attached hydrogen (secondary N) is 2. The fraction of sp³-hybridized carbons (Fsp3) is 0.214. The molecule has 2 aromatic rings. The Labute approximate surface area is 120 Å². The smallest absolute Gasteiger partial charge is 0.224 e. The summed E-state index contributed by atoms with van der Waals surface area (Å²) in [7, 11) is 0. The SMILES string of the molecule is CCCNc1ncc(F)c(Nc2ccc(F)cc2C#N)n1. The van der Waals surface area contributed by atoms with Gasteiger partial charge in [0.25, 0.3) is 0 Å². The minimum atomic E-state index is -0.662. The topological polar surface area (TPSA) is 73.6 Å². The predicted molar refractivity (Wildman–Crippen MR) is 75.2 cm³/mol. The van der Waals surface area contributed by atoms with Gasteiger partial charge in [-0.2, -0.15) is 10.2 Å². The molecule has 0 bridgehead atoms. The number of hydrogen-bond acceptors (Lipinski definition) is 5. The maximum atomic E-state index is 13.7. The lowest BCUT2D eigenvalue weighted by Gasteiger charge is -2.10. The predicted octanol–water partition coefficient (Wildman–Crippen LogP) is 3.19. The van der Waals surface area contributed by atoms with Crippen molar-refractivity contribution in [1.82, 2.24) is 9.97 Å². The summed E-state index contributed by atoms with van der Waals surface area (Å²) >= 11 is 0. The lowest BCUT2D eigenvalue weighted by atomic mass is 10.2. The first-order valence-corrected chi connectivity index (χ1v) is 6.37. The molecule has 7 heteroatoms. The highest BCUT2D eigenvalue weighted by Crippen LogP contribution is 2.22. The zero-order chi connectivity index (χ0) is 15.2. The van der Waals surface area contributed by atoms with Gasteiger partial charge in [-0.25, -0.2) is 13.8 Å². The highest BCUT2D eigenvalue weighted by molar-refractivity contribution is 5.65. The van der Waals surface area contributed by atoms with Crippen LogP contribution >= 0.6 is 0 Å². The van der Waals surface area contributed by atoms with E-state index >= 15 is 0 Å². The first-order chi connectivity index (χ1) is 10.1. The highest BCUT2D eigenvalue weighted by Gasteiger charge is 2.10. The Morgan fingerprint density at radius 2 is 2.14 bits per heavy atom. The average molecular weight is 289 g/mol. The van der Waals surface area contributed by atoms with Gasteiger partial charge in [0.05, 0.1) is 17.4 Å². The molecule has 0 fully saturated rings. The van der Waals surface area contributed by atoms with Gasteiger partial charge in [0, 0.05) is 6.54 Å². The van der Waals surface area contributed by atoms with Crippen LogP contribution in [0.5, 0.6) is 0 Å². The molecule has 0 aliphatic rings. The van der Waals surface area contributed by atoms with Crippen molar-refractivity contribution in [2.24, 2.45) is 0 Å². The van der Waals surface area contributed by atoms with Crippen molar-refractivity contribution in [2.75, 3.05) is 17.2 Å². The zero-order valence-corrected chi connectivity index (χ0v) is 11.3. The zero-order valence-electron chi connectivity index (χ0n) is 11.3. The van der Waals surface area contributed by atoms with Crippen LogP contribution in [-0.4, -0.2) is 16.5 Å². The maximum Gasteiger partial charge on any atom is 0.224 e. The fourth-order valence-electron chi connectivity index (χ4n) is 1.62. The van der Waals surface area contributed by atoms with Crippen LogP contribution < -0.4 is 10.6 Å². The van der Waals surface area contributed by atoms with Crippen LogP contribution in [0.15, 0.2) is 24.4 Å². The van der Waals surface area contributed by atoms with Gasteiger partial charge in [-0.1, -0.05) is 6.92 Å². The second-order valence-electron chi connectivity index (χ2n) is 4.24. The molecule has 5 nitrogen and oxygen atoms in total. The number of halogens is 2. The van der Waals surface area contributed by atoms with Crippen LogP contribution in [0.2, 0.25) is 0 Å². The standard InChI is InChI=1S/C14H13F2N5/c1-2-5-18-14-19-8-11(16)13(21-14)20-12-4-3-10(15)6-9(12)7-17/h3-4,6,8H,2,5H2,1H3,(H2,18,19,20,21). The normalized spacial score (nSPS) is 10.0. The maximum absolute atomic E-state index is 13.7. The molecule has 0 spiro atoms. The molecule has 0 radical (unpaired) electrons. The van der Waals surface area contributed by atoms with Crippen molar-refractivity contribution >= 4 is 17.5 Å². The third-order valence-corrected chi connectivity index (χ3v) is 2.63. The largest absolute Gasteiger partial charge is 0.354 e. The van der Waals surface area contributed by atoms with Gasteiger partial charge in [0.15, 0.2) is 11.6 Å². The third-order valence-electron chi connectivity index (χ3n) is 2.63. The van der Waals surface area contributed by atoms with Gasteiger partial charge < -0.3 is 10.6 Å². The fourth-order valence-corrected chi connectivity index (χ4v) is 1.62. The minimum Gasteiger partial charge on any atom is -0.354 e. The first kappa shape index (κ1) is 14.7. The number of anilines is 3. The van der Waals surface area contributed by atoms with Gasteiger partial charge in [-0.3, -0.25) is 0 Å². The Morgan fingerprint density at radius 3 is 2.86 bits per heavy atom. The summed E-state index contributed by atoms with van der Waals surface area (Å²) in [5.74, 6) is -0.996. The molecule has 2 rings (SSSR count). The van der Waals surface area contributed by atoms with Crippen molar-refractivity contribution in [3.63, 3.8) is 0 Å². The summed E-state index contributed by atoms with van der Waals surface area (Å²) in [6, 6.07) is 5.44. The van der Waals surface area contributed by atoms with E-state index in [-0.39, 0.29) is 23.0 Å². The van der Waals surface area contributed by atoms with E-state index in [4.69, 9.17) is 5.26 Å². The number of hydrogen-bond donors (Lipinski definition) is 2. The first-order valence-electron chi connectivity index (χ1n) is 6.37. The van der Waals surface area contributed by atoms with Crippen LogP contribution in [0.3, 0.4) is 0 Å². The number of benzene rings is 1. The molecule has 0 saturated heterocycles. The van der Waals surface area contributed by atoms with Gasteiger partial charge in [0.2, 0.25) is 5.95 Å². The van der Waals surface area contributed by atoms with Gasteiger partial charge in [-0.15, -0.1) is 0 Å². The van der Waals surface area contributed by atoms with Crippen molar-refractivity contribution in [2.45, 2.75) is 13.3 Å². The quantitative estimate of drug-likeness (QED) is 0.884. The number of rotatable bonds is 5. The van der Waals surface area contributed by atoms with E-state index in [1.165, 1.54) is 12.1 Å². The average Bonchev–Trinajstić information content (AvgIpc) is 2.49. The third kappa shape index (κ3) is 3.63. The van der Waals surface area contributed by atoms with Crippen LogP contribution in [0.1, 0.15) is 18.9 Å². The molecule has 0 aliphatic carbocycles. The Kier molecular flexibility index (Phi) is 4.61. The monoisotopic (exact) mass is 289 g/mol. The number of nitrogens with zero attached hydrogens (tertiary/aromatic N) is 3. The second-order valence-corrected chi connectivity index (χ2v) is 4.24. The molecular weight excluding hydrogens is 276 g/mol. The molecule has 1 aromatic heterocycles. The summed E-state index contributed by atoms with van der Waals surface area (Å²) in [5.41, 5.74) is 0.342. The molecule has 1 heterocycles. The lowest BCUT2D eigenvalue weighted by molar-refractivity contribution is 0.619. The molecule has 0 atom stereocenters. The number of nitriles is 1. The molecule has 0 unspecified atom stereocenters. The van der Waals surface area contributed by atoms with Gasteiger partial charge in [0.1, 0.15) is 11.9 Å². The molecule has 2 N–H and O–H groups in total. The van der Waals surface area contributed by atoms with E-state index in [1.54, 1.807) is 0 Å². The van der Waals surface area contributed by atoms with Crippen LogP contribution in [0.4, 0.5) is 26.2 Å². The Morgan fingerprint density at radius 1 is 1.33 bits per heavy atom. The molecule has 0 aliphatic heterocycles. The Hall–Kier alpha value is -2.75. The van der Waals surface area contributed by atoms with E-state index in [2.05, 4.69) is 20.6 Å². The summed E-state index contributed by atoms with van der Waals surface area (Å²) in [6.45, 7) is 2.64. The molecular formula is C14H13F2N5. The van der Waals surface area contributed by atoms with E-state index in [0.29, 0.717) is 6.54 Å². The summed E-state index contributed by atoms with van der Waals surface area (Å²) in [4.78, 5) is 7.80. The van der Waals surface area contributed by atoms with E-state index < -0.39 is 11.6 Å². The molecule has 0 amide bonds. The molecule has 1 aromatic carbocycles. The van der Waals surface area contributed by atoms with Crippen LogP contribution in [0, 0.1) is 23.0 Å². The highest BCUT2D eigenvalue weighted by atomic mass is 19.1. The minimum absolute atomic E-state index is 0.0658. The Balaban J connectivity index is 2.29. The molecule has 108 valence electrons. The van der Waals surface area contributed by atoms with Crippen LogP contribution in [-0.2, 0) is 0 Å². The number of aromatic nitrogens is 2. The van der Waals surface area contributed by atoms with Crippen molar-refractivity contribution in [1.29, 1.82) is 5.26 Å². The van der Waals surface area contributed by atoms with Crippen molar-refractivity contribution < 1.29 is 8.78 Å².